The van der Waals surface area contributed by atoms with E-state index in [-0.39, 0.29) is 5.57 Å². The fraction of sp³-hybridized carbons (Fsp3) is 0.120. The van der Waals surface area contributed by atoms with Gasteiger partial charge in [-0.3, -0.25) is 4.79 Å². The number of ether oxygens (including phenoxy) is 1. The maximum Gasteiger partial charge on any atom is 0.266 e. The highest BCUT2D eigenvalue weighted by Gasteiger charge is 2.09. The van der Waals surface area contributed by atoms with Gasteiger partial charge in [0.1, 0.15) is 24.0 Å². The zero-order valence-electron chi connectivity index (χ0n) is 16.6. The van der Waals surface area contributed by atoms with E-state index in [9.17, 15) is 10.1 Å². The van der Waals surface area contributed by atoms with Gasteiger partial charge in [-0.1, -0.05) is 54.9 Å². The first-order chi connectivity index (χ1) is 14.6. The molecule has 5 heteroatoms. The summed E-state index contributed by atoms with van der Waals surface area (Å²) < 4.78 is 5.76. The fourth-order valence-electron chi connectivity index (χ4n) is 2.79. The van der Waals surface area contributed by atoms with Crippen molar-refractivity contribution < 1.29 is 9.53 Å². The zero-order valence-corrected chi connectivity index (χ0v) is 17.3. The number of halogens is 1. The highest BCUT2D eigenvalue weighted by molar-refractivity contribution is 6.30. The van der Waals surface area contributed by atoms with Crippen LogP contribution in [0.3, 0.4) is 0 Å². The third-order valence-corrected chi connectivity index (χ3v) is 4.71. The van der Waals surface area contributed by atoms with Crippen molar-refractivity contribution >= 4 is 29.3 Å². The third-order valence-electron chi connectivity index (χ3n) is 4.47. The smallest absolute Gasteiger partial charge is 0.266 e. The van der Waals surface area contributed by atoms with E-state index < -0.39 is 5.91 Å². The van der Waals surface area contributed by atoms with E-state index in [2.05, 4.69) is 12.2 Å². The topological polar surface area (TPSA) is 62.1 Å². The average molecular weight is 417 g/mol. The van der Waals surface area contributed by atoms with E-state index >= 15 is 0 Å². The van der Waals surface area contributed by atoms with Crippen LogP contribution < -0.4 is 10.1 Å². The van der Waals surface area contributed by atoms with Crippen molar-refractivity contribution in [2.75, 3.05) is 5.32 Å². The average Bonchev–Trinajstić information content (AvgIpc) is 2.77. The number of carbonyl (C=O) groups is 1. The van der Waals surface area contributed by atoms with Crippen LogP contribution in [0.5, 0.6) is 5.75 Å². The lowest BCUT2D eigenvalue weighted by molar-refractivity contribution is -0.112. The number of rotatable bonds is 7. The normalized spacial score (nSPS) is 10.9. The number of hydrogen-bond donors (Lipinski definition) is 1. The highest BCUT2D eigenvalue weighted by Crippen LogP contribution is 2.18. The van der Waals surface area contributed by atoms with Crippen molar-refractivity contribution in [3.05, 3.63) is 100 Å². The van der Waals surface area contributed by atoms with Gasteiger partial charge in [0.25, 0.3) is 5.91 Å². The number of nitriles is 1. The molecule has 0 aliphatic rings. The Morgan fingerprint density at radius 2 is 1.80 bits per heavy atom. The van der Waals surface area contributed by atoms with E-state index in [4.69, 9.17) is 16.3 Å². The Morgan fingerprint density at radius 1 is 1.07 bits per heavy atom. The summed E-state index contributed by atoms with van der Waals surface area (Å²) in [7, 11) is 0. The number of amides is 1. The Morgan fingerprint density at radius 3 is 2.43 bits per heavy atom. The van der Waals surface area contributed by atoms with Crippen molar-refractivity contribution in [1.29, 1.82) is 5.26 Å². The second-order valence-electron chi connectivity index (χ2n) is 6.66. The molecule has 0 bridgehead atoms. The molecular weight excluding hydrogens is 396 g/mol. The standard InChI is InChI=1S/C25H21ClN2O2/c1-2-18-6-10-23(11-7-18)28-25(29)21(16-27)14-19-8-12-24(13-9-19)30-17-20-4-3-5-22(26)15-20/h3-15H,2,17H2,1H3,(H,28,29)/b21-14+. The Bertz CT molecular complexity index is 1080. The molecule has 0 spiro atoms. The summed E-state index contributed by atoms with van der Waals surface area (Å²) in [5.74, 6) is 0.245. The van der Waals surface area contributed by atoms with E-state index in [0.717, 1.165) is 17.5 Å². The van der Waals surface area contributed by atoms with Gasteiger partial charge in [-0.15, -0.1) is 0 Å². The minimum Gasteiger partial charge on any atom is -0.489 e. The van der Waals surface area contributed by atoms with Gasteiger partial charge in [-0.2, -0.15) is 5.26 Å². The lowest BCUT2D eigenvalue weighted by Crippen LogP contribution is -2.13. The number of hydrogen-bond acceptors (Lipinski definition) is 3. The molecule has 0 saturated heterocycles. The molecule has 0 aliphatic heterocycles. The minimum absolute atomic E-state index is 0.0298. The molecule has 1 N–H and O–H groups in total. The van der Waals surface area contributed by atoms with Crippen LogP contribution in [0.1, 0.15) is 23.6 Å². The van der Waals surface area contributed by atoms with Crippen LogP contribution in [0.4, 0.5) is 5.69 Å². The summed E-state index contributed by atoms with van der Waals surface area (Å²) in [6.45, 7) is 2.47. The van der Waals surface area contributed by atoms with Crippen LogP contribution in [-0.4, -0.2) is 5.91 Å². The molecule has 1 amide bonds. The summed E-state index contributed by atoms with van der Waals surface area (Å²) in [6.07, 6.45) is 2.48. The van der Waals surface area contributed by atoms with Crippen molar-refractivity contribution in [3.8, 4) is 11.8 Å². The summed E-state index contributed by atoms with van der Waals surface area (Å²) in [5.41, 5.74) is 3.58. The van der Waals surface area contributed by atoms with Gasteiger partial charge in [0.2, 0.25) is 0 Å². The molecule has 0 aromatic heterocycles. The Hall–Kier alpha value is -3.55. The molecule has 3 aromatic carbocycles. The Labute approximate surface area is 181 Å². The molecule has 0 fully saturated rings. The molecule has 30 heavy (non-hydrogen) atoms. The predicted molar refractivity (Wildman–Crippen MR) is 120 cm³/mol. The lowest BCUT2D eigenvalue weighted by atomic mass is 10.1. The maximum absolute atomic E-state index is 12.4. The monoisotopic (exact) mass is 416 g/mol. The number of benzene rings is 3. The van der Waals surface area contributed by atoms with Crippen LogP contribution in [0.15, 0.2) is 78.4 Å². The van der Waals surface area contributed by atoms with Crippen LogP contribution >= 0.6 is 11.6 Å². The molecule has 150 valence electrons. The van der Waals surface area contributed by atoms with Crippen LogP contribution in [-0.2, 0) is 17.8 Å². The number of nitrogens with zero attached hydrogens (tertiary/aromatic N) is 1. The molecular formula is C25H21ClN2O2. The second kappa shape index (κ2) is 10.3. The quantitative estimate of drug-likeness (QED) is 0.378. The van der Waals surface area contributed by atoms with Crippen molar-refractivity contribution in [3.63, 3.8) is 0 Å². The molecule has 0 heterocycles. The van der Waals surface area contributed by atoms with Gasteiger partial charge in [-0.25, -0.2) is 0 Å². The molecule has 0 aliphatic carbocycles. The first kappa shape index (κ1) is 21.2. The third kappa shape index (κ3) is 5.97. The van der Waals surface area contributed by atoms with Crippen LogP contribution in [0.25, 0.3) is 6.08 Å². The van der Waals surface area contributed by atoms with E-state index in [1.54, 1.807) is 30.3 Å². The fourth-order valence-corrected chi connectivity index (χ4v) is 3.00. The number of nitrogens with one attached hydrogen (secondary N) is 1. The van der Waals surface area contributed by atoms with E-state index in [0.29, 0.717) is 23.1 Å². The summed E-state index contributed by atoms with van der Waals surface area (Å²) >= 11 is 5.98. The predicted octanol–water partition coefficient (Wildman–Crippen LogP) is 6.03. The Kier molecular flexibility index (Phi) is 7.26. The maximum atomic E-state index is 12.4. The molecule has 0 saturated carbocycles. The summed E-state index contributed by atoms with van der Waals surface area (Å²) in [5, 5.41) is 12.8. The summed E-state index contributed by atoms with van der Waals surface area (Å²) in [4.78, 5) is 12.4. The molecule has 0 atom stereocenters. The first-order valence-electron chi connectivity index (χ1n) is 9.57. The number of aryl methyl sites for hydroxylation is 1. The molecule has 0 radical (unpaired) electrons. The molecule has 0 unspecified atom stereocenters. The second-order valence-corrected chi connectivity index (χ2v) is 7.10. The SMILES string of the molecule is CCc1ccc(NC(=O)/C(C#N)=C/c2ccc(OCc3cccc(Cl)c3)cc2)cc1. The van der Waals surface area contributed by atoms with Crippen molar-refractivity contribution in [2.24, 2.45) is 0 Å². The summed E-state index contributed by atoms with van der Waals surface area (Å²) in [6, 6.07) is 24.2. The first-order valence-corrected chi connectivity index (χ1v) is 9.94. The van der Waals surface area contributed by atoms with Gasteiger partial charge in [0.15, 0.2) is 0 Å². The lowest BCUT2D eigenvalue weighted by Gasteiger charge is -2.07. The van der Waals surface area contributed by atoms with Gasteiger partial charge in [0.05, 0.1) is 0 Å². The van der Waals surface area contributed by atoms with Gasteiger partial charge >= 0.3 is 0 Å². The van der Waals surface area contributed by atoms with Crippen LogP contribution in [0.2, 0.25) is 5.02 Å². The van der Waals surface area contributed by atoms with Gasteiger partial charge in [-0.05, 0) is 65.6 Å². The van der Waals surface area contributed by atoms with E-state index in [1.807, 2.05) is 54.6 Å². The molecule has 3 rings (SSSR count). The Balaban J connectivity index is 1.63. The van der Waals surface area contributed by atoms with Crippen molar-refractivity contribution in [1.82, 2.24) is 0 Å². The number of anilines is 1. The number of carbonyl (C=O) groups excluding carboxylic acids is 1. The van der Waals surface area contributed by atoms with Crippen molar-refractivity contribution in [2.45, 2.75) is 20.0 Å². The van der Waals surface area contributed by atoms with Gasteiger partial charge < -0.3 is 10.1 Å². The van der Waals surface area contributed by atoms with Gasteiger partial charge in [0, 0.05) is 10.7 Å². The highest BCUT2D eigenvalue weighted by atomic mass is 35.5. The molecule has 3 aromatic rings. The van der Waals surface area contributed by atoms with E-state index in [1.165, 1.54) is 5.56 Å². The largest absolute Gasteiger partial charge is 0.489 e. The molecule has 4 nitrogen and oxygen atoms in total. The van der Waals surface area contributed by atoms with Crippen LogP contribution in [0, 0.1) is 11.3 Å². The minimum atomic E-state index is -0.442. The zero-order chi connectivity index (χ0) is 21.3.